The third-order valence-electron chi connectivity index (χ3n) is 3.08. The van der Waals surface area contributed by atoms with Gasteiger partial charge in [0.25, 0.3) is 0 Å². The average Bonchev–Trinajstić information content (AvgIpc) is 2.78. The first kappa shape index (κ1) is 11.1. The molecule has 0 aromatic carbocycles. The Morgan fingerprint density at radius 1 is 1.50 bits per heavy atom. The quantitative estimate of drug-likeness (QED) is 0.700. The molecule has 0 unspecified atom stereocenters. The van der Waals surface area contributed by atoms with E-state index in [0.717, 1.165) is 25.9 Å². The number of carbonyl (C=O) groups excluding carboxylic acids is 1. The summed E-state index contributed by atoms with van der Waals surface area (Å²) in [6.45, 7) is 2.16. The molecule has 0 spiro atoms. The van der Waals surface area contributed by atoms with Gasteiger partial charge in [0.15, 0.2) is 0 Å². The molecule has 0 radical (unpaired) electrons. The van der Waals surface area contributed by atoms with Crippen molar-refractivity contribution >= 4 is 5.97 Å². The molecule has 1 aromatic rings. The predicted octanol–water partition coefficient (Wildman–Crippen LogP) is 0.936. The van der Waals surface area contributed by atoms with E-state index in [1.54, 1.807) is 12.4 Å². The molecule has 5 heteroatoms. The Labute approximate surface area is 95.0 Å². The van der Waals surface area contributed by atoms with Crippen molar-refractivity contribution in [3.05, 3.63) is 18.0 Å². The molecule has 0 amide bonds. The highest BCUT2D eigenvalue weighted by molar-refractivity contribution is 5.88. The van der Waals surface area contributed by atoms with Crippen LogP contribution in [0.25, 0.3) is 0 Å². The monoisotopic (exact) mass is 223 g/mol. The van der Waals surface area contributed by atoms with Gasteiger partial charge in [-0.3, -0.25) is 4.68 Å². The highest BCUT2D eigenvalue weighted by Crippen LogP contribution is 2.21. The van der Waals surface area contributed by atoms with Gasteiger partial charge in [-0.1, -0.05) is 0 Å². The van der Waals surface area contributed by atoms with Gasteiger partial charge in [0.2, 0.25) is 0 Å². The Hall–Kier alpha value is -1.36. The maximum atomic E-state index is 11.3. The predicted molar refractivity (Wildman–Crippen MR) is 59.3 cm³/mol. The van der Waals surface area contributed by atoms with Crippen LogP contribution in [0.5, 0.6) is 0 Å². The fraction of sp³-hybridized carbons (Fsp3) is 0.636. The highest BCUT2D eigenvalue weighted by atomic mass is 16.5. The van der Waals surface area contributed by atoms with E-state index >= 15 is 0 Å². The lowest BCUT2D eigenvalue weighted by Gasteiger charge is -2.28. The molecule has 0 saturated carbocycles. The summed E-state index contributed by atoms with van der Waals surface area (Å²) in [6.07, 6.45) is 5.52. The van der Waals surface area contributed by atoms with Gasteiger partial charge in [0, 0.05) is 6.20 Å². The molecular formula is C11H17N3O2. The highest BCUT2D eigenvalue weighted by Gasteiger charge is 2.20. The van der Waals surface area contributed by atoms with Gasteiger partial charge in [-0.15, -0.1) is 0 Å². The number of aromatic nitrogens is 2. The second-order valence-corrected chi connectivity index (χ2v) is 4.24. The number of rotatable bonds is 2. The summed E-state index contributed by atoms with van der Waals surface area (Å²) < 4.78 is 6.54. The molecule has 16 heavy (non-hydrogen) atoms. The number of nitrogens with zero attached hydrogens (tertiary/aromatic N) is 3. The molecule has 88 valence electrons. The summed E-state index contributed by atoms with van der Waals surface area (Å²) in [5, 5.41) is 4.23. The minimum absolute atomic E-state index is 0.320. The molecule has 1 fully saturated rings. The second kappa shape index (κ2) is 4.65. The lowest BCUT2D eigenvalue weighted by Crippen LogP contribution is -2.31. The van der Waals surface area contributed by atoms with Crippen molar-refractivity contribution in [2.75, 3.05) is 27.2 Å². The van der Waals surface area contributed by atoms with E-state index in [2.05, 4.69) is 21.8 Å². The minimum Gasteiger partial charge on any atom is -0.465 e. The smallest absolute Gasteiger partial charge is 0.341 e. The summed E-state index contributed by atoms with van der Waals surface area (Å²) in [7, 11) is 3.51. The topological polar surface area (TPSA) is 47.4 Å². The summed E-state index contributed by atoms with van der Waals surface area (Å²) in [4.78, 5) is 13.6. The number of hydrogen-bond donors (Lipinski definition) is 0. The lowest BCUT2D eigenvalue weighted by molar-refractivity contribution is 0.0600. The number of methoxy groups -OCH3 is 1. The van der Waals surface area contributed by atoms with E-state index in [1.165, 1.54) is 7.11 Å². The molecule has 1 saturated heterocycles. The number of esters is 1. The zero-order chi connectivity index (χ0) is 11.5. The third-order valence-corrected chi connectivity index (χ3v) is 3.08. The number of carbonyl (C=O) groups is 1. The van der Waals surface area contributed by atoms with Crippen molar-refractivity contribution in [1.29, 1.82) is 0 Å². The van der Waals surface area contributed by atoms with E-state index in [4.69, 9.17) is 0 Å². The molecule has 5 nitrogen and oxygen atoms in total. The van der Waals surface area contributed by atoms with Crippen LogP contribution < -0.4 is 0 Å². The van der Waals surface area contributed by atoms with Gasteiger partial charge < -0.3 is 9.64 Å². The molecular weight excluding hydrogens is 206 g/mol. The van der Waals surface area contributed by atoms with Crippen molar-refractivity contribution < 1.29 is 9.53 Å². The summed E-state index contributed by atoms with van der Waals surface area (Å²) >= 11 is 0. The molecule has 1 aromatic heterocycles. The van der Waals surface area contributed by atoms with Gasteiger partial charge in [-0.2, -0.15) is 5.10 Å². The van der Waals surface area contributed by atoms with E-state index < -0.39 is 0 Å². The zero-order valence-corrected chi connectivity index (χ0v) is 9.72. The standard InChI is InChI=1S/C11H17N3O2/c1-13-5-3-10(4-6-13)14-8-9(7-12-14)11(15)16-2/h7-8,10H,3-6H2,1-2H3. The number of ether oxygens (including phenoxy) is 1. The first-order chi connectivity index (χ1) is 7.70. The molecule has 0 N–H and O–H groups in total. The lowest BCUT2D eigenvalue weighted by atomic mass is 10.1. The fourth-order valence-electron chi connectivity index (χ4n) is 2.02. The summed E-state index contributed by atoms with van der Waals surface area (Å²) in [5.74, 6) is -0.320. The normalized spacial score (nSPS) is 18.6. The number of likely N-dealkylation sites (tertiary alicyclic amines) is 1. The van der Waals surface area contributed by atoms with Crippen LogP contribution in [0.2, 0.25) is 0 Å². The third kappa shape index (κ3) is 2.24. The Kier molecular flexibility index (Phi) is 3.24. The Morgan fingerprint density at radius 3 is 2.81 bits per heavy atom. The van der Waals surface area contributed by atoms with Crippen LogP contribution in [-0.4, -0.2) is 47.9 Å². The Bertz CT molecular complexity index is 367. The fourth-order valence-corrected chi connectivity index (χ4v) is 2.02. The zero-order valence-electron chi connectivity index (χ0n) is 9.72. The van der Waals surface area contributed by atoms with Gasteiger partial charge in [0.05, 0.1) is 24.9 Å². The van der Waals surface area contributed by atoms with Crippen LogP contribution in [0, 0.1) is 0 Å². The molecule has 1 aliphatic heterocycles. The number of hydrogen-bond acceptors (Lipinski definition) is 4. The molecule has 0 atom stereocenters. The molecule has 0 bridgehead atoms. The van der Waals surface area contributed by atoms with E-state index in [1.807, 2.05) is 4.68 Å². The van der Waals surface area contributed by atoms with Crippen molar-refractivity contribution in [3.8, 4) is 0 Å². The number of piperidine rings is 1. The maximum Gasteiger partial charge on any atom is 0.341 e. The minimum atomic E-state index is -0.320. The largest absolute Gasteiger partial charge is 0.465 e. The van der Waals surface area contributed by atoms with E-state index in [9.17, 15) is 4.79 Å². The van der Waals surface area contributed by atoms with Crippen molar-refractivity contribution in [3.63, 3.8) is 0 Å². The van der Waals surface area contributed by atoms with E-state index in [-0.39, 0.29) is 5.97 Å². The van der Waals surface area contributed by atoms with Crippen LogP contribution in [0.1, 0.15) is 29.2 Å². The molecule has 1 aliphatic rings. The summed E-state index contributed by atoms with van der Waals surface area (Å²) in [6, 6.07) is 0.412. The van der Waals surface area contributed by atoms with Crippen molar-refractivity contribution in [2.45, 2.75) is 18.9 Å². The van der Waals surface area contributed by atoms with Crippen molar-refractivity contribution in [2.24, 2.45) is 0 Å². The molecule has 0 aliphatic carbocycles. The average molecular weight is 223 g/mol. The summed E-state index contributed by atoms with van der Waals surface area (Å²) in [5.41, 5.74) is 0.529. The SMILES string of the molecule is COC(=O)c1cnn(C2CCN(C)CC2)c1. The molecule has 2 heterocycles. The van der Waals surface area contributed by atoms with Crippen molar-refractivity contribution in [1.82, 2.24) is 14.7 Å². The Morgan fingerprint density at radius 2 is 2.19 bits per heavy atom. The molecule has 2 rings (SSSR count). The van der Waals surface area contributed by atoms with Crippen LogP contribution in [0.15, 0.2) is 12.4 Å². The van der Waals surface area contributed by atoms with Gasteiger partial charge in [0.1, 0.15) is 0 Å². The van der Waals surface area contributed by atoms with Crippen LogP contribution in [0.3, 0.4) is 0 Å². The van der Waals surface area contributed by atoms with Gasteiger partial charge in [-0.05, 0) is 33.0 Å². The first-order valence-electron chi connectivity index (χ1n) is 5.51. The maximum absolute atomic E-state index is 11.3. The van der Waals surface area contributed by atoms with E-state index in [0.29, 0.717) is 11.6 Å². The van der Waals surface area contributed by atoms with Crippen LogP contribution in [0.4, 0.5) is 0 Å². The van der Waals surface area contributed by atoms with Crippen LogP contribution >= 0.6 is 0 Å². The van der Waals surface area contributed by atoms with Gasteiger partial charge in [-0.25, -0.2) is 4.79 Å². The first-order valence-corrected chi connectivity index (χ1v) is 5.51. The Balaban J connectivity index is 2.04. The second-order valence-electron chi connectivity index (χ2n) is 4.24. The van der Waals surface area contributed by atoms with Crippen LogP contribution in [-0.2, 0) is 4.74 Å². The van der Waals surface area contributed by atoms with Gasteiger partial charge >= 0.3 is 5.97 Å².